The first-order chi connectivity index (χ1) is 10.2. The second-order valence-electron chi connectivity index (χ2n) is 4.66. The van der Waals surface area contributed by atoms with Crippen LogP contribution in [0.25, 0.3) is 11.1 Å². The van der Waals surface area contributed by atoms with Crippen LogP contribution in [0, 0.1) is 5.82 Å². The quantitative estimate of drug-likeness (QED) is 0.857. The third-order valence-electron chi connectivity index (χ3n) is 3.24. The summed E-state index contributed by atoms with van der Waals surface area (Å²) in [6.45, 7) is 3.79. The standard InChI is InChI=1S/C17H18FNO2/c1-3-19-11-12-4-6-13(7-5-12)14-8-9-15(16(18)10-14)17(20)21-2/h4-10,19H,3,11H2,1-2H3. The molecule has 0 aromatic heterocycles. The summed E-state index contributed by atoms with van der Waals surface area (Å²) in [4.78, 5) is 11.4. The second-order valence-corrected chi connectivity index (χ2v) is 4.66. The fraction of sp³-hybridized carbons (Fsp3) is 0.235. The van der Waals surface area contributed by atoms with Crippen LogP contribution in [-0.4, -0.2) is 19.6 Å². The van der Waals surface area contributed by atoms with Crippen LogP contribution >= 0.6 is 0 Å². The fourth-order valence-electron chi connectivity index (χ4n) is 2.05. The van der Waals surface area contributed by atoms with Gasteiger partial charge >= 0.3 is 5.97 Å². The summed E-state index contributed by atoms with van der Waals surface area (Å²) in [7, 11) is 1.23. The van der Waals surface area contributed by atoms with Crippen LogP contribution in [0.2, 0.25) is 0 Å². The summed E-state index contributed by atoms with van der Waals surface area (Å²) in [5.41, 5.74) is 2.76. The average Bonchev–Trinajstić information content (AvgIpc) is 2.52. The molecule has 3 nitrogen and oxygen atoms in total. The van der Waals surface area contributed by atoms with Gasteiger partial charge in [-0.25, -0.2) is 9.18 Å². The Morgan fingerprint density at radius 3 is 2.38 bits per heavy atom. The van der Waals surface area contributed by atoms with E-state index in [1.54, 1.807) is 6.07 Å². The molecular formula is C17H18FNO2. The number of halogens is 1. The van der Waals surface area contributed by atoms with Crippen LogP contribution in [0.4, 0.5) is 4.39 Å². The molecule has 0 amide bonds. The van der Waals surface area contributed by atoms with Gasteiger partial charge in [0.25, 0.3) is 0 Å². The number of carbonyl (C=O) groups is 1. The van der Waals surface area contributed by atoms with Gasteiger partial charge in [0, 0.05) is 6.54 Å². The molecule has 0 atom stereocenters. The number of rotatable bonds is 5. The van der Waals surface area contributed by atoms with Crippen molar-refractivity contribution in [1.29, 1.82) is 0 Å². The number of carbonyl (C=O) groups excluding carboxylic acids is 1. The van der Waals surface area contributed by atoms with Crippen molar-refractivity contribution in [3.8, 4) is 11.1 Å². The van der Waals surface area contributed by atoms with Crippen LogP contribution in [0.3, 0.4) is 0 Å². The Kier molecular flexibility index (Phi) is 5.06. The summed E-state index contributed by atoms with van der Waals surface area (Å²) in [5, 5.41) is 3.25. The molecule has 0 aliphatic carbocycles. The monoisotopic (exact) mass is 287 g/mol. The molecule has 1 N–H and O–H groups in total. The first-order valence-electron chi connectivity index (χ1n) is 6.83. The molecule has 0 bridgehead atoms. The van der Waals surface area contributed by atoms with Gasteiger partial charge in [0.1, 0.15) is 5.82 Å². The highest BCUT2D eigenvalue weighted by Gasteiger charge is 2.12. The minimum atomic E-state index is -0.667. The van der Waals surface area contributed by atoms with E-state index in [1.807, 2.05) is 24.3 Å². The molecule has 2 aromatic carbocycles. The van der Waals surface area contributed by atoms with E-state index in [0.29, 0.717) is 0 Å². The molecule has 0 saturated carbocycles. The predicted molar refractivity (Wildman–Crippen MR) is 80.6 cm³/mol. The third-order valence-corrected chi connectivity index (χ3v) is 3.24. The van der Waals surface area contributed by atoms with E-state index in [2.05, 4.69) is 17.0 Å². The number of hydrogen-bond acceptors (Lipinski definition) is 3. The lowest BCUT2D eigenvalue weighted by Gasteiger charge is -2.07. The van der Waals surface area contributed by atoms with Gasteiger partial charge in [0.2, 0.25) is 0 Å². The number of methoxy groups -OCH3 is 1. The second kappa shape index (κ2) is 6.99. The molecule has 0 aliphatic heterocycles. The molecule has 0 spiro atoms. The minimum absolute atomic E-state index is 0.0509. The highest BCUT2D eigenvalue weighted by atomic mass is 19.1. The highest BCUT2D eigenvalue weighted by molar-refractivity contribution is 5.90. The van der Waals surface area contributed by atoms with Crippen molar-refractivity contribution in [3.05, 3.63) is 59.4 Å². The van der Waals surface area contributed by atoms with Crippen LogP contribution in [0.1, 0.15) is 22.8 Å². The van der Waals surface area contributed by atoms with Crippen LogP contribution < -0.4 is 5.32 Å². The number of ether oxygens (including phenoxy) is 1. The van der Waals surface area contributed by atoms with Crippen molar-refractivity contribution < 1.29 is 13.9 Å². The molecule has 4 heteroatoms. The zero-order chi connectivity index (χ0) is 15.2. The van der Waals surface area contributed by atoms with Crippen molar-refractivity contribution in [2.75, 3.05) is 13.7 Å². The largest absolute Gasteiger partial charge is 0.465 e. The van der Waals surface area contributed by atoms with E-state index in [4.69, 9.17) is 0 Å². The Balaban J connectivity index is 2.22. The molecule has 0 radical (unpaired) electrons. The minimum Gasteiger partial charge on any atom is -0.465 e. The van der Waals surface area contributed by atoms with E-state index < -0.39 is 11.8 Å². The maximum atomic E-state index is 13.9. The van der Waals surface area contributed by atoms with Crippen molar-refractivity contribution in [2.24, 2.45) is 0 Å². The molecule has 110 valence electrons. The third kappa shape index (κ3) is 3.67. The maximum Gasteiger partial charge on any atom is 0.340 e. The van der Waals surface area contributed by atoms with Gasteiger partial charge < -0.3 is 10.1 Å². The SMILES string of the molecule is CCNCc1ccc(-c2ccc(C(=O)OC)c(F)c2)cc1. The lowest BCUT2D eigenvalue weighted by Crippen LogP contribution is -2.11. The van der Waals surface area contributed by atoms with Gasteiger partial charge in [0.15, 0.2) is 0 Å². The Bertz CT molecular complexity index is 623. The molecule has 0 unspecified atom stereocenters. The molecule has 2 rings (SSSR count). The van der Waals surface area contributed by atoms with Gasteiger partial charge in [-0.2, -0.15) is 0 Å². The zero-order valence-corrected chi connectivity index (χ0v) is 12.2. The number of esters is 1. The first kappa shape index (κ1) is 15.2. The van der Waals surface area contributed by atoms with Gasteiger partial charge in [-0.15, -0.1) is 0 Å². The predicted octanol–water partition coefficient (Wildman–Crippen LogP) is 3.39. The summed E-state index contributed by atoms with van der Waals surface area (Å²) >= 11 is 0. The van der Waals surface area contributed by atoms with Gasteiger partial charge in [-0.1, -0.05) is 37.3 Å². The van der Waals surface area contributed by atoms with Gasteiger partial charge in [0.05, 0.1) is 12.7 Å². The summed E-state index contributed by atoms with van der Waals surface area (Å²) in [6.07, 6.45) is 0. The van der Waals surface area contributed by atoms with Crippen molar-refractivity contribution >= 4 is 5.97 Å². The van der Waals surface area contributed by atoms with E-state index in [1.165, 1.54) is 24.8 Å². The number of hydrogen-bond donors (Lipinski definition) is 1. The first-order valence-corrected chi connectivity index (χ1v) is 6.83. The van der Waals surface area contributed by atoms with E-state index in [9.17, 15) is 9.18 Å². The number of benzene rings is 2. The van der Waals surface area contributed by atoms with Crippen molar-refractivity contribution in [2.45, 2.75) is 13.5 Å². The zero-order valence-electron chi connectivity index (χ0n) is 12.2. The number of nitrogens with one attached hydrogen (secondary N) is 1. The smallest absolute Gasteiger partial charge is 0.340 e. The lowest BCUT2D eigenvalue weighted by molar-refractivity contribution is 0.0595. The van der Waals surface area contributed by atoms with Crippen LogP contribution in [0.5, 0.6) is 0 Å². The molecule has 0 saturated heterocycles. The van der Waals surface area contributed by atoms with Crippen molar-refractivity contribution in [1.82, 2.24) is 5.32 Å². The van der Waals surface area contributed by atoms with E-state index in [0.717, 1.165) is 24.2 Å². The van der Waals surface area contributed by atoms with E-state index in [-0.39, 0.29) is 5.56 Å². The van der Waals surface area contributed by atoms with Crippen LogP contribution in [-0.2, 0) is 11.3 Å². The van der Waals surface area contributed by atoms with Gasteiger partial charge in [-0.3, -0.25) is 0 Å². The fourth-order valence-corrected chi connectivity index (χ4v) is 2.05. The summed E-state index contributed by atoms with van der Waals surface area (Å²) < 4.78 is 18.4. The normalized spacial score (nSPS) is 10.4. The van der Waals surface area contributed by atoms with Gasteiger partial charge in [-0.05, 0) is 35.4 Å². The Morgan fingerprint density at radius 2 is 1.81 bits per heavy atom. The molecule has 21 heavy (non-hydrogen) atoms. The average molecular weight is 287 g/mol. The Hall–Kier alpha value is -2.20. The van der Waals surface area contributed by atoms with E-state index >= 15 is 0 Å². The Morgan fingerprint density at radius 1 is 1.14 bits per heavy atom. The topological polar surface area (TPSA) is 38.3 Å². The maximum absolute atomic E-state index is 13.9. The Labute approximate surface area is 123 Å². The summed E-state index contributed by atoms with van der Waals surface area (Å²) in [5.74, 6) is -1.24. The summed E-state index contributed by atoms with van der Waals surface area (Å²) in [6, 6.07) is 12.4. The molecule has 0 heterocycles. The van der Waals surface area contributed by atoms with Crippen LogP contribution in [0.15, 0.2) is 42.5 Å². The highest BCUT2D eigenvalue weighted by Crippen LogP contribution is 2.23. The molecule has 0 aliphatic rings. The molecule has 2 aromatic rings. The lowest BCUT2D eigenvalue weighted by atomic mass is 10.0. The van der Waals surface area contributed by atoms with Crippen molar-refractivity contribution in [3.63, 3.8) is 0 Å². The molecular weight excluding hydrogens is 269 g/mol. The molecule has 0 fully saturated rings.